The van der Waals surface area contributed by atoms with Crippen molar-refractivity contribution >= 4 is 0 Å². The minimum atomic E-state index is 0.232. The Balaban J connectivity index is 2.60. The van der Waals surface area contributed by atoms with E-state index in [1.54, 1.807) is 0 Å². The smallest absolute Gasteiger partial charge is 0.122 e. The van der Waals surface area contributed by atoms with Gasteiger partial charge in [-0.25, -0.2) is 0 Å². The zero-order valence-electron chi connectivity index (χ0n) is 10.4. The predicted octanol–water partition coefficient (Wildman–Crippen LogP) is 3.15. The Hall–Kier alpha value is -1.02. The lowest BCUT2D eigenvalue weighted by Gasteiger charge is -2.14. The Morgan fingerprint density at radius 2 is 2.00 bits per heavy atom. The number of nitrogens with two attached hydrogens (primary N) is 1. The molecule has 2 N–H and O–H groups in total. The molecule has 0 aliphatic heterocycles. The van der Waals surface area contributed by atoms with E-state index in [2.05, 4.69) is 19.9 Å². The molecule has 2 nitrogen and oxygen atoms in total. The van der Waals surface area contributed by atoms with E-state index in [1.807, 2.05) is 18.2 Å². The molecular weight excluding hydrogens is 198 g/mol. The number of hydrogen-bond donors (Lipinski definition) is 1. The highest BCUT2D eigenvalue weighted by Crippen LogP contribution is 2.20. The quantitative estimate of drug-likeness (QED) is 0.718. The summed E-state index contributed by atoms with van der Waals surface area (Å²) in [5, 5.41) is 0. The van der Waals surface area contributed by atoms with Crippen LogP contribution in [0.4, 0.5) is 0 Å². The second-order valence-electron chi connectivity index (χ2n) is 4.18. The maximum absolute atomic E-state index is 5.97. The van der Waals surface area contributed by atoms with Gasteiger partial charge in [0.15, 0.2) is 0 Å². The highest BCUT2D eigenvalue weighted by Gasteiger charge is 2.06. The molecule has 0 saturated heterocycles. The highest BCUT2D eigenvalue weighted by molar-refractivity contribution is 5.33. The summed E-state index contributed by atoms with van der Waals surface area (Å²) >= 11 is 0. The van der Waals surface area contributed by atoms with Gasteiger partial charge in [-0.05, 0) is 30.9 Å². The van der Waals surface area contributed by atoms with Crippen LogP contribution in [-0.4, -0.2) is 12.6 Å². The lowest BCUT2D eigenvalue weighted by molar-refractivity contribution is 0.305. The van der Waals surface area contributed by atoms with Gasteiger partial charge < -0.3 is 10.5 Å². The monoisotopic (exact) mass is 221 g/mol. The van der Waals surface area contributed by atoms with Crippen molar-refractivity contribution in [1.82, 2.24) is 0 Å². The Kier molecular flexibility index (Phi) is 5.94. The fourth-order valence-corrected chi connectivity index (χ4v) is 1.57. The number of hydrogen-bond acceptors (Lipinski definition) is 2. The maximum Gasteiger partial charge on any atom is 0.122 e. The van der Waals surface area contributed by atoms with E-state index >= 15 is 0 Å². The summed E-state index contributed by atoms with van der Waals surface area (Å²) in [6.45, 7) is 5.09. The van der Waals surface area contributed by atoms with E-state index in [1.165, 1.54) is 5.56 Å². The fourth-order valence-electron chi connectivity index (χ4n) is 1.57. The van der Waals surface area contributed by atoms with Gasteiger partial charge in [0.25, 0.3) is 0 Å². The van der Waals surface area contributed by atoms with E-state index in [0.717, 1.165) is 38.0 Å². The van der Waals surface area contributed by atoms with Gasteiger partial charge in [0.1, 0.15) is 5.75 Å². The van der Waals surface area contributed by atoms with Crippen molar-refractivity contribution in [1.29, 1.82) is 0 Å². The molecule has 1 unspecified atom stereocenters. The Morgan fingerprint density at radius 1 is 1.25 bits per heavy atom. The largest absolute Gasteiger partial charge is 0.493 e. The summed E-state index contributed by atoms with van der Waals surface area (Å²) in [6, 6.07) is 8.44. The summed E-state index contributed by atoms with van der Waals surface area (Å²) < 4.78 is 5.77. The Labute approximate surface area is 98.8 Å². The summed E-state index contributed by atoms with van der Waals surface area (Å²) in [5.74, 6) is 1.000. The molecule has 0 aromatic heterocycles. The van der Waals surface area contributed by atoms with Crippen LogP contribution in [-0.2, 0) is 6.42 Å². The molecule has 90 valence electrons. The molecular formula is C14H23NO. The van der Waals surface area contributed by atoms with Crippen LogP contribution >= 0.6 is 0 Å². The van der Waals surface area contributed by atoms with Gasteiger partial charge in [0.2, 0.25) is 0 Å². The van der Waals surface area contributed by atoms with Crippen LogP contribution in [0.3, 0.4) is 0 Å². The first-order valence-corrected chi connectivity index (χ1v) is 6.24. The van der Waals surface area contributed by atoms with E-state index in [0.29, 0.717) is 0 Å². The minimum Gasteiger partial charge on any atom is -0.493 e. The van der Waals surface area contributed by atoms with Crippen molar-refractivity contribution in [3.63, 3.8) is 0 Å². The molecule has 0 amide bonds. The molecule has 0 heterocycles. The van der Waals surface area contributed by atoms with Gasteiger partial charge in [0, 0.05) is 6.04 Å². The van der Waals surface area contributed by atoms with Crippen molar-refractivity contribution in [2.24, 2.45) is 5.73 Å². The molecule has 0 aliphatic rings. The van der Waals surface area contributed by atoms with E-state index in [-0.39, 0.29) is 6.04 Å². The first kappa shape index (κ1) is 13.0. The molecule has 0 radical (unpaired) electrons. The fraction of sp³-hybridized carbons (Fsp3) is 0.571. The van der Waals surface area contributed by atoms with Crippen LogP contribution in [0.15, 0.2) is 24.3 Å². The van der Waals surface area contributed by atoms with Gasteiger partial charge in [-0.15, -0.1) is 0 Å². The van der Waals surface area contributed by atoms with E-state index in [9.17, 15) is 0 Å². The van der Waals surface area contributed by atoms with Crippen LogP contribution in [0.2, 0.25) is 0 Å². The Morgan fingerprint density at radius 3 is 2.69 bits per heavy atom. The van der Waals surface area contributed by atoms with Gasteiger partial charge >= 0.3 is 0 Å². The molecule has 0 spiro atoms. The highest BCUT2D eigenvalue weighted by atomic mass is 16.5. The second-order valence-corrected chi connectivity index (χ2v) is 4.18. The third-order valence-corrected chi connectivity index (χ3v) is 2.73. The van der Waals surface area contributed by atoms with Crippen molar-refractivity contribution in [3.8, 4) is 5.75 Å². The van der Waals surface area contributed by atoms with Crippen LogP contribution < -0.4 is 10.5 Å². The lowest BCUT2D eigenvalue weighted by Crippen LogP contribution is -2.21. The van der Waals surface area contributed by atoms with Crippen molar-refractivity contribution in [2.45, 2.75) is 45.6 Å². The minimum absolute atomic E-state index is 0.232. The molecule has 16 heavy (non-hydrogen) atoms. The standard InChI is InChI=1S/C14H23NO/c1-3-5-10-16-14-9-7-6-8-12(14)11-13(15)4-2/h6-9,13H,3-5,10-11,15H2,1-2H3. The average Bonchev–Trinajstić information content (AvgIpc) is 2.31. The zero-order chi connectivity index (χ0) is 11.8. The van der Waals surface area contributed by atoms with Gasteiger partial charge in [-0.2, -0.15) is 0 Å². The summed E-state index contributed by atoms with van der Waals surface area (Å²) in [4.78, 5) is 0. The molecule has 0 bridgehead atoms. The van der Waals surface area contributed by atoms with Gasteiger partial charge in [-0.1, -0.05) is 38.5 Å². The number of benzene rings is 1. The second kappa shape index (κ2) is 7.29. The molecule has 1 atom stereocenters. The molecule has 0 saturated carbocycles. The first-order chi connectivity index (χ1) is 7.77. The number of unbranched alkanes of at least 4 members (excludes halogenated alkanes) is 1. The first-order valence-electron chi connectivity index (χ1n) is 6.24. The molecule has 1 aromatic rings. The van der Waals surface area contributed by atoms with Crippen LogP contribution in [0.1, 0.15) is 38.7 Å². The number of para-hydroxylation sites is 1. The van der Waals surface area contributed by atoms with Gasteiger partial charge in [0.05, 0.1) is 6.61 Å². The number of ether oxygens (including phenoxy) is 1. The third-order valence-electron chi connectivity index (χ3n) is 2.73. The molecule has 1 rings (SSSR count). The van der Waals surface area contributed by atoms with E-state index in [4.69, 9.17) is 10.5 Å². The van der Waals surface area contributed by atoms with Gasteiger partial charge in [-0.3, -0.25) is 0 Å². The normalized spacial score (nSPS) is 12.4. The number of rotatable bonds is 7. The van der Waals surface area contributed by atoms with E-state index < -0.39 is 0 Å². The molecule has 1 aromatic carbocycles. The lowest BCUT2D eigenvalue weighted by atomic mass is 10.0. The Bertz CT molecular complexity index is 299. The summed E-state index contributed by atoms with van der Waals surface area (Å²) in [5.41, 5.74) is 7.20. The summed E-state index contributed by atoms with van der Waals surface area (Å²) in [7, 11) is 0. The molecule has 0 aliphatic carbocycles. The van der Waals surface area contributed by atoms with Crippen LogP contribution in [0.5, 0.6) is 5.75 Å². The van der Waals surface area contributed by atoms with Crippen LogP contribution in [0, 0.1) is 0 Å². The molecule has 2 heteroatoms. The zero-order valence-corrected chi connectivity index (χ0v) is 10.4. The van der Waals surface area contributed by atoms with Crippen LogP contribution in [0.25, 0.3) is 0 Å². The predicted molar refractivity (Wildman–Crippen MR) is 68.8 cm³/mol. The summed E-state index contributed by atoms with van der Waals surface area (Å²) in [6.07, 6.45) is 4.17. The van der Waals surface area contributed by atoms with Crippen molar-refractivity contribution in [2.75, 3.05) is 6.61 Å². The topological polar surface area (TPSA) is 35.2 Å². The maximum atomic E-state index is 5.97. The molecule has 0 fully saturated rings. The average molecular weight is 221 g/mol. The third kappa shape index (κ3) is 4.23. The van der Waals surface area contributed by atoms with Crippen molar-refractivity contribution < 1.29 is 4.74 Å². The van der Waals surface area contributed by atoms with Crippen molar-refractivity contribution in [3.05, 3.63) is 29.8 Å². The SMILES string of the molecule is CCCCOc1ccccc1CC(N)CC.